The Kier molecular flexibility index (Phi) is 6.47. The zero-order valence-corrected chi connectivity index (χ0v) is 19.1. The molecule has 0 spiro atoms. The SMILES string of the molecule is CC(=O)Oc1c(C(C)(C)C)cc(C=C2CCN(C(=O)N(C)O)C2=O)cc1C(C)(C)C. The molecule has 7 heteroatoms. The van der Waals surface area contributed by atoms with Crippen LogP contribution in [-0.4, -0.2) is 46.7 Å². The number of carbonyl (C=O) groups excluding carboxylic acids is 3. The van der Waals surface area contributed by atoms with Crippen molar-refractivity contribution < 1.29 is 24.3 Å². The topological polar surface area (TPSA) is 87.2 Å². The normalized spacial score (nSPS) is 16.2. The molecule has 0 atom stereocenters. The molecule has 1 saturated heterocycles. The van der Waals surface area contributed by atoms with Crippen molar-refractivity contribution in [3.05, 3.63) is 34.4 Å². The van der Waals surface area contributed by atoms with Crippen LogP contribution in [0.5, 0.6) is 5.75 Å². The molecule has 1 heterocycles. The van der Waals surface area contributed by atoms with Gasteiger partial charge in [-0.1, -0.05) is 41.5 Å². The Balaban J connectivity index is 2.62. The van der Waals surface area contributed by atoms with Crippen LogP contribution in [0.4, 0.5) is 4.79 Å². The van der Waals surface area contributed by atoms with Crippen LogP contribution in [0.2, 0.25) is 0 Å². The first-order valence-corrected chi connectivity index (χ1v) is 9.99. The van der Waals surface area contributed by atoms with Crippen LogP contribution in [0.3, 0.4) is 0 Å². The van der Waals surface area contributed by atoms with Crippen LogP contribution in [0, 0.1) is 0 Å². The summed E-state index contributed by atoms with van der Waals surface area (Å²) in [6.07, 6.45) is 2.18. The lowest BCUT2D eigenvalue weighted by molar-refractivity contribution is -0.132. The number of carbonyl (C=O) groups is 3. The Morgan fingerprint density at radius 2 is 1.60 bits per heavy atom. The van der Waals surface area contributed by atoms with Crippen molar-refractivity contribution in [1.82, 2.24) is 9.96 Å². The van der Waals surface area contributed by atoms with Crippen LogP contribution >= 0.6 is 0 Å². The predicted octanol–water partition coefficient (Wildman–Crippen LogP) is 4.26. The molecular formula is C23H32N2O5. The standard InChI is InChI=1S/C23H32N2O5/c1-14(26)30-19-17(22(2,3)4)12-15(13-18(19)23(5,6)7)11-16-9-10-25(20(16)27)21(28)24(8)29/h11-13,29H,9-10H2,1-8H3. The molecule has 0 saturated carbocycles. The lowest BCUT2D eigenvalue weighted by Crippen LogP contribution is -2.40. The van der Waals surface area contributed by atoms with Gasteiger partial charge in [0.05, 0.1) is 0 Å². The Morgan fingerprint density at radius 1 is 1.10 bits per heavy atom. The van der Waals surface area contributed by atoms with E-state index in [0.29, 0.717) is 22.8 Å². The number of esters is 1. The number of likely N-dealkylation sites (tertiary alicyclic amines) is 1. The summed E-state index contributed by atoms with van der Waals surface area (Å²) in [5.41, 5.74) is 2.41. The first-order valence-electron chi connectivity index (χ1n) is 9.99. The second-order valence-corrected chi connectivity index (χ2v) is 9.72. The van der Waals surface area contributed by atoms with E-state index in [0.717, 1.165) is 21.6 Å². The molecular weight excluding hydrogens is 384 g/mol. The minimum absolute atomic E-state index is 0.220. The fourth-order valence-corrected chi connectivity index (χ4v) is 3.41. The fraction of sp³-hybridized carbons (Fsp3) is 0.522. The second kappa shape index (κ2) is 8.22. The van der Waals surface area contributed by atoms with Gasteiger partial charge in [-0.25, -0.2) is 9.86 Å². The van der Waals surface area contributed by atoms with E-state index in [1.807, 2.05) is 53.7 Å². The van der Waals surface area contributed by atoms with Gasteiger partial charge in [0.2, 0.25) is 0 Å². The van der Waals surface area contributed by atoms with Gasteiger partial charge in [0.25, 0.3) is 5.91 Å². The minimum atomic E-state index is -0.751. The molecule has 1 fully saturated rings. The zero-order chi connectivity index (χ0) is 23.0. The molecule has 2 rings (SSSR count). The number of imide groups is 1. The summed E-state index contributed by atoms with van der Waals surface area (Å²) >= 11 is 0. The summed E-state index contributed by atoms with van der Waals surface area (Å²) in [5, 5.41) is 9.77. The maximum Gasteiger partial charge on any atom is 0.350 e. The van der Waals surface area contributed by atoms with Gasteiger partial charge in [0, 0.05) is 37.2 Å². The zero-order valence-electron chi connectivity index (χ0n) is 19.1. The predicted molar refractivity (Wildman–Crippen MR) is 114 cm³/mol. The molecule has 30 heavy (non-hydrogen) atoms. The smallest absolute Gasteiger partial charge is 0.350 e. The van der Waals surface area contributed by atoms with Gasteiger partial charge in [-0.15, -0.1) is 0 Å². The Bertz CT molecular complexity index is 866. The molecule has 7 nitrogen and oxygen atoms in total. The number of rotatable bonds is 2. The summed E-state index contributed by atoms with van der Waals surface area (Å²) < 4.78 is 5.64. The molecule has 1 aliphatic heterocycles. The Hall–Kier alpha value is -2.67. The van der Waals surface area contributed by atoms with Gasteiger partial charge in [-0.2, -0.15) is 0 Å². The number of nitrogens with zero attached hydrogens (tertiary/aromatic N) is 2. The van der Waals surface area contributed by atoms with Crippen molar-refractivity contribution in [2.75, 3.05) is 13.6 Å². The molecule has 164 valence electrons. The Labute approximate surface area is 178 Å². The van der Waals surface area contributed by atoms with E-state index in [-0.39, 0.29) is 23.3 Å². The number of ether oxygens (including phenoxy) is 1. The van der Waals surface area contributed by atoms with Crippen LogP contribution in [0.1, 0.15) is 71.6 Å². The van der Waals surface area contributed by atoms with E-state index >= 15 is 0 Å². The van der Waals surface area contributed by atoms with E-state index < -0.39 is 11.9 Å². The summed E-state index contributed by atoms with van der Waals surface area (Å²) in [5.74, 6) is -0.244. The highest BCUT2D eigenvalue weighted by Gasteiger charge is 2.33. The highest BCUT2D eigenvalue weighted by atomic mass is 16.5. The van der Waals surface area contributed by atoms with Crippen LogP contribution in [-0.2, 0) is 20.4 Å². The number of benzene rings is 1. The van der Waals surface area contributed by atoms with Crippen molar-refractivity contribution in [1.29, 1.82) is 0 Å². The molecule has 0 aliphatic carbocycles. The van der Waals surface area contributed by atoms with Crippen molar-refractivity contribution in [3.63, 3.8) is 0 Å². The monoisotopic (exact) mass is 416 g/mol. The first-order chi connectivity index (χ1) is 13.6. The molecule has 1 N–H and O–H groups in total. The fourth-order valence-electron chi connectivity index (χ4n) is 3.41. The molecule has 1 aromatic rings. The Morgan fingerprint density at radius 3 is 2.00 bits per heavy atom. The number of urea groups is 1. The number of amides is 3. The maximum atomic E-state index is 12.7. The van der Waals surface area contributed by atoms with Crippen molar-refractivity contribution in [2.45, 2.75) is 65.7 Å². The largest absolute Gasteiger partial charge is 0.426 e. The van der Waals surface area contributed by atoms with E-state index in [4.69, 9.17) is 4.74 Å². The molecule has 3 amide bonds. The van der Waals surface area contributed by atoms with E-state index in [1.165, 1.54) is 14.0 Å². The van der Waals surface area contributed by atoms with Crippen molar-refractivity contribution in [2.24, 2.45) is 0 Å². The lowest BCUT2D eigenvalue weighted by Gasteiger charge is -2.29. The van der Waals surface area contributed by atoms with Gasteiger partial charge in [-0.3, -0.25) is 19.7 Å². The van der Waals surface area contributed by atoms with Crippen LogP contribution in [0.25, 0.3) is 6.08 Å². The van der Waals surface area contributed by atoms with Crippen molar-refractivity contribution in [3.8, 4) is 5.75 Å². The molecule has 0 aromatic heterocycles. The molecule has 0 bridgehead atoms. The number of hydrogen-bond donors (Lipinski definition) is 1. The van der Waals surface area contributed by atoms with Gasteiger partial charge >= 0.3 is 12.0 Å². The van der Waals surface area contributed by atoms with Gasteiger partial charge < -0.3 is 4.74 Å². The average molecular weight is 417 g/mol. The highest BCUT2D eigenvalue weighted by Crippen LogP contribution is 2.41. The summed E-state index contributed by atoms with van der Waals surface area (Å²) in [7, 11) is 1.19. The van der Waals surface area contributed by atoms with Crippen LogP contribution < -0.4 is 4.74 Å². The van der Waals surface area contributed by atoms with E-state index in [1.54, 1.807) is 6.08 Å². The van der Waals surface area contributed by atoms with Gasteiger partial charge in [0.1, 0.15) is 5.75 Å². The summed E-state index contributed by atoms with van der Waals surface area (Å²) in [6, 6.07) is 3.10. The molecule has 0 radical (unpaired) electrons. The molecule has 1 aliphatic rings. The lowest BCUT2D eigenvalue weighted by atomic mass is 9.78. The summed E-state index contributed by atoms with van der Waals surface area (Å²) in [4.78, 5) is 37.5. The third-order valence-corrected chi connectivity index (χ3v) is 4.95. The van der Waals surface area contributed by atoms with Gasteiger partial charge in [-0.05, 0) is 41.0 Å². The third kappa shape index (κ3) is 5.08. The summed E-state index contributed by atoms with van der Waals surface area (Å²) in [6.45, 7) is 13.8. The molecule has 1 aromatic carbocycles. The van der Waals surface area contributed by atoms with E-state index in [2.05, 4.69) is 0 Å². The second-order valence-electron chi connectivity index (χ2n) is 9.72. The van der Waals surface area contributed by atoms with Gasteiger partial charge in [0.15, 0.2) is 0 Å². The minimum Gasteiger partial charge on any atom is -0.426 e. The third-order valence-electron chi connectivity index (χ3n) is 4.95. The van der Waals surface area contributed by atoms with Crippen LogP contribution in [0.15, 0.2) is 17.7 Å². The highest BCUT2D eigenvalue weighted by molar-refractivity contribution is 6.08. The maximum absolute atomic E-state index is 12.7. The average Bonchev–Trinajstić information content (AvgIpc) is 2.93. The number of hydrogen-bond acceptors (Lipinski definition) is 5. The molecule has 0 unspecified atom stereocenters. The van der Waals surface area contributed by atoms with Crippen molar-refractivity contribution >= 4 is 24.0 Å². The van der Waals surface area contributed by atoms with E-state index in [9.17, 15) is 19.6 Å². The first kappa shape index (κ1) is 23.6. The number of hydroxylamine groups is 2. The quantitative estimate of drug-likeness (QED) is 0.256.